The summed E-state index contributed by atoms with van der Waals surface area (Å²) in [6, 6.07) is 0. The molecule has 0 saturated carbocycles. The molecule has 0 atom stereocenters. The van der Waals surface area contributed by atoms with Crippen molar-refractivity contribution in [1.29, 1.82) is 0 Å². The van der Waals surface area contributed by atoms with Crippen LogP contribution in [0.25, 0.3) is 0 Å². The van der Waals surface area contributed by atoms with Crippen LogP contribution in [-0.4, -0.2) is 29.0 Å². The number of nitrogens with zero attached hydrogens (tertiary/aromatic N) is 2. The van der Waals surface area contributed by atoms with Crippen LogP contribution in [0.2, 0.25) is 0 Å². The van der Waals surface area contributed by atoms with Gasteiger partial charge < -0.3 is 10.1 Å². The second-order valence-corrected chi connectivity index (χ2v) is 4.97. The van der Waals surface area contributed by atoms with E-state index in [4.69, 9.17) is 4.74 Å². The molecule has 4 nitrogen and oxygen atoms in total. The summed E-state index contributed by atoms with van der Waals surface area (Å²) in [4.78, 5) is 0. The average molecular weight is 253 g/mol. The molecule has 0 aliphatic carbocycles. The van der Waals surface area contributed by atoms with Crippen LogP contribution in [0.5, 0.6) is 0 Å². The first-order chi connectivity index (χ1) is 8.56. The van der Waals surface area contributed by atoms with Gasteiger partial charge in [-0.25, -0.2) is 0 Å². The van der Waals surface area contributed by atoms with E-state index < -0.39 is 0 Å². The maximum absolute atomic E-state index is 5.57. The molecule has 1 N–H and O–H groups in total. The molecule has 0 radical (unpaired) electrons. The molecule has 1 heterocycles. The van der Waals surface area contributed by atoms with Crippen molar-refractivity contribution in [2.24, 2.45) is 0 Å². The van der Waals surface area contributed by atoms with Gasteiger partial charge in [-0.15, -0.1) is 0 Å². The zero-order valence-electron chi connectivity index (χ0n) is 12.4. The highest BCUT2D eigenvalue weighted by Gasteiger charge is 2.10. The third kappa shape index (κ3) is 4.42. The van der Waals surface area contributed by atoms with Crippen LogP contribution in [0.3, 0.4) is 0 Å². The zero-order valence-corrected chi connectivity index (χ0v) is 12.4. The van der Waals surface area contributed by atoms with Crippen molar-refractivity contribution in [2.45, 2.75) is 60.2 Å². The van der Waals surface area contributed by atoms with E-state index in [0.29, 0.717) is 0 Å². The first-order valence-corrected chi connectivity index (χ1v) is 6.91. The molecule has 104 valence electrons. The smallest absolute Gasteiger partial charge is 0.0666 e. The van der Waals surface area contributed by atoms with Crippen LogP contribution in [0, 0.1) is 13.8 Å². The fourth-order valence-electron chi connectivity index (χ4n) is 1.97. The maximum atomic E-state index is 5.57. The van der Waals surface area contributed by atoms with E-state index in [1.807, 2.05) is 0 Å². The average Bonchev–Trinajstić information content (AvgIpc) is 2.56. The lowest BCUT2D eigenvalue weighted by molar-refractivity contribution is 0.0706. The van der Waals surface area contributed by atoms with Gasteiger partial charge in [0.2, 0.25) is 0 Å². The number of aryl methyl sites for hydroxylation is 1. The monoisotopic (exact) mass is 253 g/mol. The summed E-state index contributed by atoms with van der Waals surface area (Å²) in [5.74, 6) is 0. The topological polar surface area (TPSA) is 39.1 Å². The highest BCUT2D eigenvalue weighted by atomic mass is 16.5. The van der Waals surface area contributed by atoms with E-state index in [0.717, 1.165) is 38.4 Å². The molecule has 0 unspecified atom stereocenters. The van der Waals surface area contributed by atoms with Crippen molar-refractivity contribution in [2.75, 3.05) is 13.2 Å². The van der Waals surface area contributed by atoms with Crippen molar-refractivity contribution in [3.63, 3.8) is 0 Å². The summed E-state index contributed by atoms with van der Waals surface area (Å²) < 4.78 is 7.63. The maximum Gasteiger partial charge on any atom is 0.0666 e. The molecule has 0 spiro atoms. The molecule has 0 bridgehead atoms. The van der Waals surface area contributed by atoms with Crippen LogP contribution in [-0.2, 0) is 17.8 Å². The van der Waals surface area contributed by atoms with Crippen molar-refractivity contribution in [3.8, 4) is 0 Å². The lowest BCUT2D eigenvalue weighted by Gasteiger charge is -2.09. The van der Waals surface area contributed by atoms with Gasteiger partial charge in [0.1, 0.15) is 0 Å². The number of rotatable bonds is 8. The quantitative estimate of drug-likeness (QED) is 0.723. The van der Waals surface area contributed by atoms with Crippen molar-refractivity contribution in [1.82, 2.24) is 15.1 Å². The van der Waals surface area contributed by atoms with Crippen LogP contribution < -0.4 is 5.32 Å². The Balaban J connectivity index is 2.56. The Kier molecular flexibility index (Phi) is 6.36. The van der Waals surface area contributed by atoms with Gasteiger partial charge in [-0.1, -0.05) is 6.92 Å². The van der Waals surface area contributed by atoms with E-state index in [9.17, 15) is 0 Å². The van der Waals surface area contributed by atoms with Gasteiger partial charge in [-0.05, 0) is 40.7 Å². The predicted octanol–water partition coefficient (Wildman–Crippen LogP) is 2.42. The van der Waals surface area contributed by atoms with Gasteiger partial charge in [0.15, 0.2) is 0 Å². The Labute approximate surface area is 111 Å². The first kappa shape index (κ1) is 15.2. The van der Waals surface area contributed by atoms with Crippen molar-refractivity contribution >= 4 is 0 Å². The van der Waals surface area contributed by atoms with E-state index in [1.165, 1.54) is 11.3 Å². The first-order valence-electron chi connectivity index (χ1n) is 6.91. The van der Waals surface area contributed by atoms with Crippen LogP contribution in [0.4, 0.5) is 0 Å². The van der Waals surface area contributed by atoms with Crippen LogP contribution in [0.15, 0.2) is 0 Å². The zero-order chi connectivity index (χ0) is 13.5. The lowest BCUT2D eigenvalue weighted by atomic mass is 10.2. The Bertz CT molecular complexity index is 358. The van der Waals surface area contributed by atoms with Gasteiger partial charge in [-0.3, -0.25) is 4.68 Å². The molecular formula is C14H27N3O. The Morgan fingerprint density at radius 2 is 2.06 bits per heavy atom. The van der Waals surface area contributed by atoms with E-state index in [-0.39, 0.29) is 6.10 Å². The summed E-state index contributed by atoms with van der Waals surface area (Å²) in [6.07, 6.45) is 1.45. The summed E-state index contributed by atoms with van der Waals surface area (Å²) >= 11 is 0. The molecule has 1 aromatic rings. The minimum Gasteiger partial charge on any atom is -0.377 e. The Hall–Kier alpha value is -0.870. The minimum atomic E-state index is 0.285. The molecule has 0 aliphatic heterocycles. The normalized spacial score (nSPS) is 11.4. The lowest BCUT2D eigenvalue weighted by Crippen LogP contribution is -2.15. The molecule has 4 heteroatoms. The largest absolute Gasteiger partial charge is 0.377 e. The van der Waals surface area contributed by atoms with E-state index in [1.54, 1.807) is 0 Å². The molecule has 0 aromatic carbocycles. The van der Waals surface area contributed by atoms with Crippen LogP contribution >= 0.6 is 0 Å². The highest BCUT2D eigenvalue weighted by molar-refractivity contribution is 5.24. The molecule has 0 fully saturated rings. The fraction of sp³-hybridized carbons (Fsp3) is 0.786. The molecule has 1 rings (SSSR count). The third-order valence-electron chi connectivity index (χ3n) is 3.01. The summed E-state index contributed by atoms with van der Waals surface area (Å²) in [7, 11) is 0. The Morgan fingerprint density at radius 3 is 2.67 bits per heavy atom. The molecule has 0 saturated heterocycles. The summed E-state index contributed by atoms with van der Waals surface area (Å²) in [5, 5.41) is 8.02. The summed E-state index contributed by atoms with van der Waals surface area (Å²) in [5.41, 5.74) is 3.71. The van der Waals surface area contributed by atoms with Gasteiger partial charge in [0.25, 0.3) is 0 Å². The molecule has 1 aromatic heterocycles. The molecular weight excluding hydrogens is 226 g/mol. The second-order valence-electron chi connectivity index (χ2n) is 4.97. The third-order valence-corrected chi connectivity index (χ3v) is 3.01. The number of hydrogen-bond acceptors (Lipinski definition) is 3. The van der Waals surface area contributed by atoms with Crippen molar-refractivity contribution < 1.29 is 4.74 Å². The predicted molar refractivity (Wildman–Crippen MR) is 74.8 cm³/mol. The summed E-state index contributed by atoms with van der Waals surface area (Å²) in [6.45, 7) is 14.0. The van der Waals surface area contributed by atoms with Gasteiger partial charge >= 0.3 is 0 Å². The fourth-order valence-corrected chi connectivity index (χ4v) is 1.97. The molecule has 18 heavy (non-hydrogen) atoms. The van der Waals surface area contributed by atoms with Crippen LogP contribution in [0.1, 0.15) is 44.1 Å². The number of hydrogen-bond donors (Lipinski definition) is 1. The second kappa shape index (κ2) is 7.54. The van der Waals surface area contributed by atoms with Gasteiger partial charge in [0.05, 0.1) is 24.9 Å². The highest BCUT2D eigenvalue weighted by Crippen LogP contribution is 2.12. The van der Waals surface area contributed by atoms with E-state index in [2.05, 4.69) is 49.7 Å². The van der Waals surface area contributed by atoms with Gasteiger partial charge in [0, 0.05) is 17.8 Å². The SMILES string of the molecule is CCCNCc1c(C)nn(CCOC(C)C)c1C. The Morgan fingerprint density at radius 1 is 1.33 bits per heavy atom. The van der Waals surface area contributed by atoms with Crippen molar-refractivity contribution in [3.05, 3.63) is 17.0 Å². The number of aromatic nitrogens is 2. The van der Waals surface area contributed by atoms with E-state index >= 15 is 0 Å². The number of nitrogens with one attached hydrogen (secondary N) is 1. The molecule has 0 amide bonds. The standard InChI is InChI=1S/C14H27N3O/c1-6-7-15-10-14-12(4)16-17(13(14)5)8-9-18-11(2)3/h11,15H,6-10H2,1-5H3. The molecule has 0 aliphatic rings. The number of ether oxygens (including phenoxy) is 1. The van der Waals surface area contributed by atoms with Gasteiger partial charge in [-0.2, -0.15) is 5.10 Å². The minimum absolute atomic E-state index is 0.285.